The molecule has 4 aromatic rings. The van der Waals surface area contributed by atoms with Crippen LogP contribution in [-0.2, 0) is 4.74 Å². The van der Waals surface area contributed by atoms with Crippen molar-refractivity contribution in [3.63, 3.8) is 0 Å². The van der Waals surface area contributed by atoms with Crippen LogP contribution in [0.25, 0.3) is 16.8 Å². The summed E-state index contributed by atoms with van der Waals surface area (Å²) < 4.78 is 11.9. The quantitative estimate of drug-likeness (QED) is 0.239. The molecule has 0 aliphatic heterocycles. The number of phenolic OH excluding ortho intramolecular Hbond substituents is 2. The van der Waals surface area contributed by atoms with Gasteiger partial charge in [0.1, 0.15) is 23.4 Å². The van der Waals surface area contributed by atoms with E-state index in [1.165, 1.54) is 48.5 Å². The number of benzene rings is 4. The lowest BCUT2D eigenvalue weighted by atomic mass is 9.75. The molecule has 0 radical (unpaired) electrons. The molecule has 0 saturated carbocycles. The minimum atomic E-state index is -0.652. The second-order valence-corrected chi connectivity index (χ2v) is 10.0. The first-order valence-corrected chi connectivity index (χ1v) is 11.9. The van der Waals surface area contributed by atoms with Crippen molar-refractivity contribution >= 4 is 28.8 Å². The highest BCUT2D eigenvalue weighted by Crippen LogP contribution is 2.48. The van der Waals surface area contributed by atoms with Crippen molar-refractivity contribution in [2.24, 2.45) is 5.41 Å². The first kappa shape index (κ1) is 24.1. The van der Waals surface area contributed by atoms with E-state index in [2.05, 4.69) is 0 Å². The lowest BCUT2D eigenvalue weighted by Gasteiger charge is -2.34. The Morgan fingerprint density at radius 2 is 1.35 bits per heavy atom. The van der Waals surface area contributed by atoms with E-state index in [0.717, 1.165) is 27.5 Å². The largest absolute Gasteiger partial charge is 0.508 e. The number of ether oxygens (including phenoxy) is 2. The van der Waals surface area contributed by atoms with Gasteiger partial charge in [-0.05, 0) is 82.4 Å². The van der Waals surface area contributed by atoms with Crippen LogP contribution in [0.3, 0.4) is 0 Å². The van der Waals surface area contributed by atoms with E-state index in [1.807, 2.05) is 51.1 Å². The Balaban J connectivity index is 1.60. The Morgan fingerprint density at radius 3 is 1.95 bits per heavy atom. The molecule has 0 heterocycles. The molecule has 0 spiro atoms. The minimum Gasteiger partial charge on any atom is -0.508 e. The van der Waals surface area contributed by atoms with Gasteiger partial charge < -0.3 is 19.7 Å². The Labute approximate surface area is 214 Å². The molecule has 0 fully saturated rings. The number of rotatable bonds is 4. The Morgan fingerprint density at radius 1 is 0.757 bits per heavy atom. The molecule has 6 heteroatoms. The average Bonchev–Trinajstić information content (AvgIpc) is 2.86. The first-order valence-electron chi connectivity index (χ1n) is 11.9. The maximum atomic E-state index is 13.1. The van der Waals surface area contributed by atoms with Crippen LogP contribution in [0.1, 0.15) is 58.7 Å². The van der Waals surface area contributed by atoms with E-state index in [-0.39, 0.29) is 16.9 Å². The van der Waals surface area contributed by atoms with Gasteiger partial charge in [0, 0.05) is 11.1 Å². The molecule has 1 aliphatic rings. The molecule has 0 amide bonds. The van der Waals surface area contributed by atoms with E-state index in [4.69, 9.17) is 9.47 Å². The number of esters is 2. The number of carbonyl (C=O) groups is 2. The fourth-order valence-electron chi connectivity index (χ4n) is 4.53. The van der Waals surface area contributed by atoms with Crippen LogP contribution in [0.4, 0.5) is 0 Å². The van der Waals surface area contributed by atoms with Gasteiger partial charge in [0.05, 0.1) is 11.1 Å². The van der Waals surface area contributed by atoms with E-state index in [9.17, 15) is 19.8 Å². The highest BCUT2D eigenvalue weighted by Gasteiger charge is 2.35. The lowest BCUT2D eigenvalue weighted by Crippen LogP contribution is -2.24. The zero-order valence-electron chi connectivity index (χ0n) is 20.7. The maximum absolute atomic E-state index is 13.1. The molecular weight excluding hydrogens is 468 g/mol. The van der Waals surface area contributed by atoms with Crippen LogP contribution >= 0.6 is 0 Å². The summed E-state index contributed by atoms with van der Waals surface area (Å²) in [4.78, 5) is 26.0. The molecule has 0 bridgehead atoms. The van der Waals surface area contributed by atoms with Crippen LogP contribution in [0.5, 0.6) is 17.2 Å². The van der Waals surface area contributed by atoms with Crippen LogP contribution in [-0.4, -0.2) is 22.2 Å². The van der Waals surface area contributed by atoms with Crippen molar-refractivity contribution in [3.8, 4) is 17.2 Å². The van der Waals surface area contributed by atoms with Crippen molar-refractivity contribution in [2.45, 2.75) is 26.9 Å². The van der Waals surface area contributed by atoms with Crippen LogP contribution < -0.4 is 4.74 Å². The first-order chi connectivity index (χ1) is 17.6. The molecule has 0 saturated heterocycles. The van der Waals surface area contributed by atoms with Crippen molar-refractivity contribution in [3.05, 3.63) is 107 Å². The highest BCUT2D eigenvalue weighted by molar-refractivity contribution is 6.01. The molecule has 0 aromatic heterocycles. The van der Waals surface area contributed by atoms with E-state index in [0.29, 0.717) is 16.9 Å². The molecule has 1 aliphatic carbocycles. The summed E-state index contributed by atoms with van der Waals surface area (Å²) in [7, 11) is 0. The summed E-state index contributed by atoms with van der Waals surface area (Å²) in [6.45, 7) is 6.11. The van der Waals surface area contributed by atoms with Gasteiger partial charge in [0.15, 0.2) is 0 Å². The van der Waals surface area contributed by atoms with Gasteiger partial charge in [-0.2, -0.15) is 0 Å². The smallest absolute Gasteiger partial charge is 0.343 e. The SMILES string of the molecule is CC(C)(C)C1=Cc2c(OC(=O)c3ccc(O)cc3)ccc3cccc(c23)C1OC(=O)c1ccc(O)cc1. The minimum absolute atomic E-state index is 0.0626. The van der Waals surface area contributed by atoms with Crippen molar-refractivity contribution in [1.29, 1.82) is 0 Å². The molecule has 6 nitrogen and oxygen atoms in total. The van der Waals surface area contributed by atoms with E-state index < -0.39 is 18.0 Å². The van der Waals surface area contributed by atoms with Gasteiger partial charge in [0.2, 0.25) is 0 Å². The zero-order chi connectivity index (χ0) is 26.3. The molecule has 186 valence electrons. The second kappa shape index (κ2) is 9.13. The number of hydrogen-bond acceptors (Lipinski definition) is 6. The van der Waals surface area contributed by atoms with Crippen LogP contribution in [0.2, 0.25) is 0 Å². The van der Waals surface area contributed by atoms with E-state index in [1.54, 1.807) is 6.07 Å². The van der Waals surface area contributed by atoms with Crippen LogP contribution in [0, 0.1) is 5.41 Å². The molecule has 37 heavy (non-hydrogen) atoms. The van der Waals surface area contributed by atoms with Gasteiger partial charge in [-0.15, -0.1) is 0 Å². The second-order valence-electron chi connectivity index (χ2n) is 10.0. The molecule has 5 rings (SSSR count). The molecular formula is C31H26O6. The van der Waals surface area contributed by atoms with Gasteiger partial charge >= 0.3 is 11.9 Å². The van der Waals surface area contributed by atoms with Gasteiger partial charge in [-0.3, -0.25) is 0 Å². The number of aromatic hydroxyl groups is 2. The van der Waals surface area contributed by atoms with Gasteiger partial charge in [-0.1, -0.05) is 45.0 Å². The summed E-state index contributed by atoms with van der Waals surface area (Å²) >= 11 is 0. The Kier molecular flexibility index (Phi) is 5.96. The Hall–Kier alpha value is -4.58. The summed E-state index contributed by atoms with van der Waals surface area (Å²) in [5.41, 5.74) is 2.66. The molecule has 2 N–H and O–H groups in total. The summed E-state index contributed by atoms with van der Waals surface area (Å²) in [6.07, 6.45) is 1.30. The average molecular weight is 495 g/mol. The normalized spacial score (nSPS) is 14.7. The third-order valence-corrected chi connectivity index (χ3v) is 6.44. The number of hydrogen-bond donors (Lipinski definition) is 2. The predicted molar refractivity (Wildman–Crippen MR) is 141 cm³/mol. The fourth-order valence-corrected chi connectivity index (χ4v) is 4.53. The summed E-state index contributed by atoms with van der Waals surface area (Å²) in [5, 5.41) is 20.9. The van der Waals surface area contributed by atoms with Crippen molar-refractivity contribution in [1.82, 2.24) is 0 Å². The standard InChI is InChI=1S/C31H26O6/c1-31(2,3)25-17-24-26(36-29(34)19-7-12-21(32)13-8-19)16-11-18-5-4-6-23(27(18)24)28(25)37-30(35)20-9-14-22(33)15-10-20/h4-17,28,32-33H,1-3H3. The monoisotopic (exact) mass is 494 g/mol. The van der Waals surface area contributed by atoms with Crippen molar-refractivity contribution < 1.29 is 29.3 Å². The number of phenols is 2. The fraction of sp³-hybridized carbons (Fsp3) is 0.161. The van der Waals surface area contributed by atoms with Crippen LogP contribution in [0.15, 0.2) is 84.4 Å². The van der Waals surface area contributed by atoms with Gasteiger partial charge in [-0.25, -0.2) is 9.59 Å². The third-order valence-electron chi connectivity index (χ3n) is 6.44. The Bertz CT molecular complexity index is 1540. The van der Waals surface area contributed by atoms with Gasteiger partial charge in [0.25, 0.3) is 0 Å². The number of carbonyl (C=O) groups excluding carboxylic acids is 2. The third kappa shape index (κ3) is 4.66. The molecule has 1 unspecified atom stereocenters. The van der Waals surface area contributed by atoms with Crippen molar-refractivity contribution in [2.75, 3.05) is 0 Å². The summed E-state index contributed by atoms with van der Waals surface area (Å²) in [6, 6.07) is 21.3. The zero-order valence-corrected chi connectivity index (χ0v) is 20.7. The topological polar surface area (TPSA) is 93.1 Å². The lowest BCUT2D eigenvalue weighted by molar-refractivity contribution is 0.0343. The summed E-state index contributed by atoms with van der Waals surface area (Å²) in [5.74, 6) is -0.525. The van der Waals surface area contributed by atoms with E-state index >= 15 is 0 Å². The maximum Gasteiger partial charge on any atom is 0.343 e. The molecule has 4 aromatic carbocycles. The predicted octanol–water partition coefficient (Wildman–Crippen LogP) is 6.81. The highest BCUT2D eigenvalue weighted by atomic mass is 16.5. The molecule has 1 atom stereocenters.